The van der Waals surface area contributed by atoms with Gasteiger partial charge in [-0.1, -0.05) is 6.08 Å². The van der Waals surface area contributed by atoms with E-state index in [4.69, 9.17) is 0 Å². The van der Waals surface area contributed by atoms with Crippen LogP contribution < -0.4 is 4.90 Å². The number of pyridine rings is 1. The zero-order valence-corrected chi connectivity index (χ0v) is 19.2. The number of amides is 1. The van der Waals surface area contributed by atoms with Gasteiger partial charge in [0, 0.05) is 73.9 Å². The second kappa shape index (κ2) is 8.21. The lowest BCUT2D eigenvalue weighted by molar-refractivity contribution is -0.142. The number of halogens is 1. The highest BCUT2D eigenvalue weighted by atomic mass is 19.1. The third-order valence-corrected chi connectivity index (χ3v) is 7.28. The standard InChI is InChI=1S/C26H28FN5O2/c1-30-14-21-24-19(20-11-17(27)4-5-22(20)30)6-8-28-26(24)29-25(21)16-3-2-9-31(10-7-16)15-23(34)32-12-18(33)13-32/h3-6,8,11,18,33H,2,7,9-10,12-15H2,1H3,(H,28,29). The van der Waals surface area contributed by atoms with E-state index in [0.717, 1.165) is 59.5 Å². The van der Waals surface area contributed by atoms with E-state index in [-0.39, 0.29) is 17.8 Å². The number of benzene rings is 1. The Morgan fingerprint density at radius 3 is 2.91 bits per heavy atom. The average molecular weight is 462 g/mol. The highest BCUT2D eigenvalue weighted by Gasteiger charge is 2.30. The number of anilines is 1. The summed E-state index contributed by atoms with van der Waals surface area (Å²) in [6.45, 7) is 3.61. The van der Waals surface area contributed by atoms with Gasteiger partial charge in [0.05, 0.1) is 12.6 Å². The molecule has 2 aromatic heterocycles. The van der Waals surface area contributed by atoms with Gasteiger partial charge in [-0.05, 0) is 48.2 Å². The van der Waals surface area contributed by atoms with Crippen LogP contribution in [0.4, 0.5) is 10.1 Å². The Labute approximate surface area is 197 Å². The van der Waals surface area contributed by atoms with Gasteiger partial charge in [-0.15, -0.1) is 0 Å². The lowest BCUT2D eigenvalue weighted by atomic mass is 9.98. The summed E-state index contributed by atoms with van der Waals surface area (Å²) in [4.78, 5) is 26.7. The number of aliphatic hydroxyl groups is 1. The van der Waals surface area contributed by atoms with Crippen molar-refractivity contribution in [1.82, 2.24) is 19.8 Å². The number of aromatic nitrogens is 2. The molecule has 0 saturated carbocycles. The Hall–Kier alpha value is -3.23. The number of H-pyrrole nitrogens is 1. The molecule has 5 heterocycles. The Morgan fingerprint density at radius 2 is 2.09 bits per heavy atom. The van der Waals surface area contributed by atoms with Crippen molar-refractivity contribution in [2.75, 3.05) is 44.7 Å². The number of carbonyl (C=O) groups excluding carboxylic acids is 1. The van der Waals surface area contributed by atoms with Crippen molar-refractivity contribution in [3.05, 3.63) is 53.6 Å². The van der Waals surface area contributed by atoms with E-state index < -0.39 is 0 Å². The zero-order chi connectivity index (χ0) is 23.4. The average Bonchev–Trinajstić information content (AvgIpc) is 2.93. The number of carbonyl (C=O) groups is 1. The monoisotopic (exact) mass is 461 g/mol. The van der Waals surface area contributed by atoms with Gasteiger partial charge in [-0.3, -0.25) is 9.69 Å². The van der Waals surface area contributed by atoms with E-state index in [1.165, 1.54) is 17.2 Å². The van der Waals surface area contributed by atoms with Gasteiger partial charge in [-0.25, -0.2) is 9.37 Å². The molecular formula is C26H28FN5O2. The van der Waals surface area contributed by atoms with Crippen molar-refractivity contribution < 1.29 is 14.3 Å². The molecule has 1 aromatic carbocycles. The van der Waals surface area contributed by atoms with E-state index in [1.807, 2.05) is 19.2 Å². The summed E-state index contributed by atoms with van der Waals surface area (Å²) in [5.74, 6) is -0.156. The fourth-order valence-corrected chi connectivity index (χ4v) is 5.47. The molecule has 0 spiro atoms. The Morgan fingerprint density at radius 1 is 1.24 bits per heavy atom. The van der Waals surface area contributed by atoms with E-state index in [1.54, 1.807) is 17.2 Å². The van der Waals surface area contributed by atoms with Crippen molar-refractivity contribution in [2.24, 2.45) is 0 Å². The Bertz CT molecular complexity index is 1310. The fraction of sp³-hybridized carbons (Fsp3) is 0.385. The van der Waals surface area contributed by atoms with Crippen LogP contribution >= 0.6 is 0 Å². The third-order valence-electron chi connectivity index (χ3n) is 7.28. The number of nitrogens with one attached hydrogen (secondary N) is 1. The minimum atomic E-state index is -0.372. The number of aromatic amines is 1. The topological polar surface area (TPSA) is 75.7 Å². The second-order valence-electron chi connectivity index (χ2n) is 9.57. The maximum atomic E-state index is 14.2. The molecule has 0 bridgehead atoms. The molecule has 1 fully saturated rings. The van der Waals surface area contributed by atoms with Crippen LogP contribution in [0.2, 0.25) is 0 Å². The largest absolute Gasteiger partial charge is 0.389 e. The van der Waals surface area contributed by atoms with Crippen molar-refractivity contribution in [3.8, 4) is 11.1 Å². The number of β-amino-alcohol motifs (C(OH)–C–C–N with tert-alkyl or cyclic N) is 1. The molecule has 2 N–H and O–H groups in total. The van der Waals surface area contributed by atoms with Gasteiger partial charge < -0.3 is 19.9 Å². The predicted octanol–water partition coefficient (Wildman–Crippen LogP) is 3.00. The van der Waals surface area contributed by atoms with Crippen LogP contribution in [-0.2, 0) is 11.3 Å². The normalized spacial score (nSPS) is 18.9. The quantitative estimate of drug-likeness (QED) is 0.627. The molecule has 0 atom stereocenters. The number of hydrogen-bond donors (Lipinski definition) is 2. The third kappa shape index (κ3) is 3.58. The van der Waals surface area contributed by atoms with Crippen molar-refractivity contribution in [1.29, 1.82) is 0 Å². The van der Waals surface area contributed by atoms with Gasteiger partial charge in [0.25, 0.3) is 0 Å². The van der Waals surface area contributed by atoms with Crippen LogP contribution in [0.25, 0.3) is 27.7 Å². The minimum Gasteiger partial charge on any atom is -0.389 e. The minimum absolute atomic E-state index is 0.0893. The SMILES string of the molecule is CN1Cc2c(C3=CCCN(CC(=O)N4CC(O)C4)CC3)[nH]c3nccc(c23)-c2cc(F)ccc21. The number of fused-ring (bicyclic) bond motifs is 2. The van der Waals surface area contributed by atoms with Crippen LogP contribution in [0.3, 0.4) is 0 Å². The Balaban J connectivity index is 1.30. The van der Waals surface area contributed by atoms with Gasteiger partial charge in [0.2, 0.25) is 5.91 Å². The number of aliphatic hydroxyl groups excluding tert-OH is 1. The summed E-state index contributed by atoms with van der Waals surface area (Å²) in [5.41, 5.74) is 7.22. The van der Waals surface area contributed by atoms with Gasteiger partial charge in [0.15, 0.2) is 0 Å². The van der Waals surface area contributed by atoms with Gasteiger partial charge in [0.1, 0.15) is 11.5 Å². The van der Waals surface area contributed by atoms with Gasteiger partial charge >= 0.3 is 0 Å². The fourth-order valence-electron chi connectivity index (χ4n) is 5.47. The second-order valence-corrected chi connectivity index (χ2v) is 9.57. The molecule has 0 unspecified atom stereocenters. The first-order chi connectivity index (χ1) is 16.5. The van der Waals surface area contributed by atoms with Crippen molar-refractivity contribution >= 4 is 28.2 Å². The highest BCUT2D eigenvalue weighted by molar-refractivity contribution is 6.02. The van der Waals surface area contributed by atoms with Crippen LogP contribution in [0.1, 0.15) is 24.1 Å². The maximum Gasteiger partial charge on any atom is 0.236 e. The van der Waals surface area contributed by atoms with Crippen LogP contribution in [0.5, 0.6) is 0 Å². The first-order valence-electron chi connectivity index (χ1n) is 11.9. The number of nitrogens with zero attached hydrogens (tertiary/aromatic N) is 4. The number of hydrogen-bond acceptors (Lipinski definition) is 5. The summed E-state index contributed by atoms with van der Waals surface area (Å²) < 4.78 is 14.2. The lowest BCUT2D eigenvalue weighted by Gasteiger charge is -2.37. The molecule has 8 heteroatoms. The van der Waals surface area contributed by atoms with Crippen LogP contribution in [0, 0.1) is 5.82 Å². The number of likely N-dealkylation sites (tertiary alicyclic amines) is 1. The molecule has 0 radical (unpaired) electrons. The summed E-state index contributed by atoms with van der Waals surface area (Å²) in [6, 6.07) is 6.95. The molecule has 7 nitrogen and oxygen atoms in total. The predicted molar refractivity (Wildman–Crippen MR) is 130 cm³/mol. The molecule has 0 aliphatic carbocycles. The zero-order valence-electron chi connectivity index (χ0n) is 19.2. The summed E-state index contributed by atoms with van der Waals surface area (Å²) in [7, 11) is 2.04. The molecule has 1 amide bonds. The first kappa shape index (κ1) is 21.3. The molecule has 3 aromatic rings. The highest BCUT2D eigenvalue weighted by Crippen LogP contribution is 2.43. The number of rotatable bonds is 3. The summed E-state index contributed by atoms with van der Waals surface area (Å²) in [5, 5.41) is 10.5. The van der Waals surface area contributed by atoms with Crippen LogP contribution in [0.15, 0.2) is 36.5 Å². The summed E-state index contributed by atoms with van der Waals surface area (Å²) >= 11 is 0. The molecule has 1 saturated heterocycles. The molecule has 6 rings (SSSR count). The molecule has 34 heavy (non-hydrogen) atoms. The Kier molecular flexibility index (Phi) is 5.15. The molecule has 3 aliphatic heterocycles. The smallest absolute Gasteiger partial charge is 0.236 e. The van der Waals surface area contributed by atoms with E-state index in [9.17, 15) is 14.3 Å². The first-order valence-corrected chi connectivity index (χ1v) is 11.9. The molecule has 176 valence electrons. The maximum absolute atomic E-state index is 14.2. The van der Waals surface area contributed by atoms with Crippen LogP contribution in [-0.4, -0.2) is 76.7 Å². The lowest BCUT2D eigenvalue weighted by Crippen LogP contribution is -2.56. The summed E-state index contributed by atoms with van der Waals surface area (Å²) in [6.07, 6.45) is 5.38. The molecule has 3 aliphatic rings. The molecular weight excluding hydrogens is 433 g/mol. The van der Waals surface area contributed by atoms with E-state index in [0.29, 0.717) is 26.2 Å². The van der Waals surface area contributed by atoms with E-state index in [2.05, 4.69) is 25.8 Å². The van der Waals surface area contributed by atoms with Gasteiger partial charge in [-0.2, -0.15) is 0 Å². The van der Waals surface area contributed by atoms with E-state index >= 15 is 0 Å². The van der Waals surface area contributed by atoms with Crippen molar-refractivity contribution in [3.63, 3.8) is 0 Å². The van der Waals surface area contributed by atoms with Crippen molar-refractivity contribution in [2.45, 2.75) is 25.5 Å².